The minimum absolute atomic E-state index is 0.163. The van der Waals surface area contributed by atoms with Gasteiger partial charge in [0.15, 0.2) is 5.58 Å². The molecule has 1 aliphatic rings. The monoisotopic (exact) mass is 821 g/mol. The molecule has 0 N–H and O–H groups in total. The van der Waals surface area contributed by atoms with Gasteiger partial charge in [-0.3, -0.25) is 0 Å². The maximum atomic E-state index is 7.01. The van der Waals surface area contributed by atoms with Gasteiger partial charge in [0.1, 0.15) is 5.58 Å². The van der Waals surface area contributed by atoms with Gasteiger partial charge >= 0.3 is 5.82 Å². The summed E-state index contributed by atoms with van der Waals surface area (Å²) in [5, 5.41) is 6.86. The van der Waals surface area contributed by atoms with Crippen LogP contribution >= 0.6 is 0 Å². The first-order chi connectivity index (χ1) is 31.4. The summed E-state index contributed by atoms with van der Waals surface area (Å²) in [5.41, 5.74) is 15.2. The standard InChI is InChI=1S/C59H41N4O/c1-59(2)48-22-12-9-19-42(48)43-30-29-41(34-49(43)59)57-60-56(38-27-25-37(26-28-38)36-15-5-4-6-16-36)61-58(62(57)3)46-31-32-51(55-54(46)45-21-11-14-24-53(45)64-55)63-50-23-13-10-20-44(50)47-33-39-17-7-8-18-40(39)35-52(47)63/h4-35H,1-3H3/q+1. The van der Waals surface area contributed by atoms with Crippen LogP contribution < -0.4 is 4.57 Å². The third-order valence-corrected chi connectivity index (χ3v) is 13.7. The zero-order valence-electron chi connectivity index (χ0n) is 35.7. The summed E-state index contributed by atoms with van der Waals surface area (Å²) in [7, 11) is 2.10. The maximum absolute atomic E-state index is 7.01. The number of nitrogens with zero attached hydrogens (tertiary/aromatic N) is 4. The van der Waals surface area contributed by atoms with Crippen molar-refractivity contribution in [3.05, 3.63) is 205 Å². The van der Waals surface area contributed by atoms with Gasteiger partial charge in [0.2, 0.25) is 0 Å². The van der Waals surface area contributed by atoms with E-state index in [9.17, 15) is 0 Å². The van der Waals surface area contributed by atoms with Gasteiger partial charge in [-0.1, -0.05) is 157 Å². The van der Waals surface area contributed by atoms with Crippen molar-refractivity contribution in [1.29, 1.82) is 0 Å². The maximum Gasteiger partial charge on any atom is 0.308 e. The number of fused-ring (bicyclic) bond motifs is 10. The molecule has 13 rings (SSSR count). The highest BCUT2D eigenvalue weighted by atomic mass is 16.3. The molecule has 302 valence electrons. The number of hydrogen-bond acceptors (Lipinski definition) is 3. The molecule has 0 spiro atoms. The Bertz CT molecular complexity index is 3880. The predicted octanol–water partition coefficient (Wildman–Crippen LogP) is 14.4. The second-order valence-corrected chi connectivity index (χ2v) is 17.6. The van der Waals surface area contributed by atoms with Crippen LogP contribution in [0.25, 0.3) is 117 Å². The smallest absolute Gasteiger partial charge is 0.308 e. The lowest BCUT2D eigenvalue weighted by atomic mass is 9.82. The fraction of sp³-hybridized carbons (Fsp3) is 0.0678. The van der Waals surface area contributed by atoms with Gasteiger partial charge in [-0.05, 0) is 105 Å². The first-order valence-corrected chi connectivity index (χ1v) is 22.0. The first kappa shape index (κ1) is 36.5. The average Bonchev–Trinajstić information content (AvgIpc) is 3.96. The molecule has 12 aromatic rings. The molecule has 0 aliphatic heterocycles. The Kier molecular flexibility index (Phi) is 7.80. The van der Waals surface area contributed by atoms with Crippen molar-refractivity contribution in [1.82, 2.24) is 14.5 Å². The fourth-order valence-electron chi connectivity index (χ4n) is 10.5. The van der Waals surface area contributed by atoms with Crippen LogP contribution in [0.4, 0.5) is 0 Å². The van der Waals surface area contributed by atoms with Crippen molar-refractivity contribution in [2.24, 2.45) is 7.05 Å². The van der Waals surface area contributed by atoms with E-state index in [2.05, 4.69) is 218 Å². The first-order valence-electron chi connectivity index (χ1n) is 22.0. The van der Waals surface area contributed by atoms with Crippen molar-refractivity contribution in [2.45, 2.75) is 19.3 Å². The molecule has 9 aromatic carbocycles. The quantitative estimate of drug-likeness (QED) is 0.163. The van der Waals surface area contributed by atoms with Crippen LogP contribution in [0.3, 0.4) is 0 Å². The number of benzene rings is 9. The highest BCUT2D eigenvalue weighted by molar-refractivity contribution is 6.17. The lowest BCUT2D eigenvalue weighted by Gasteiger charge is -2.21. The normalized spacial score (nSPS) is 13.0. The van der Waals surface area contributed by atoms with Crippen LogP contribution in [0.1, 0.15) is 25.0 Å². The molecule has 0 saturated carbocycles. The number of rotatable bonds is 5. The van der Waals surface area contributed by atoms with Crippen LogP contribution in [-0.2, 0) is 12.5 Å². The van der Waals surface area contributed by atoms with Gasteiger partial charge in [-0.25, -0.2) is 4.57 Å². The molecule has 0 fully saturated rings. The minimum atomic E-state index is -0.163. The van der Waals surface area contributed by atoms with Crippen molar-refractivity contribution >= 4 is 54.5 Å². The van der Waals surface area contributed by atoms with Crippen molar-refractivity contribution in [2.75, 3.05) is 0 Å². The number of para-hydroxylation sites is 2. The summed E-state index contributed by atoms with van der Waals surface area (Å²) in [6.45, 7) is 4.66. The molecule has 3 heterocycles. The lowest BCUT2D eigenvalue weighted by Crippen LogP contribution is -2.37. The van der Waals surface area contributed by atoms with Crippen LogP contribution in [0, 0.1) is 0 Å². The summed E-state index contributed by atoms with van der Waals surface area (Å²) in [6.07, 6.45) is 0. The molecule has 64 heavy (non-hydrogen) atoms. The molecular formula is C59H41N4O+. The largest absolute Gasteiger partial charge is 0.454 e. The highest BCUT2D eigenvalue weighted by Crippen LogP contribution is 2.50. The van der Waals surface area contributed by atoms with E-state index in [-0.39, 0.29) is 5.41 Å². The topological polar surface area (TPSA) is 47.7 Å². The van der Waals surface area contributed by atoms with E-state index in [1.165, 1.54) is 49.4 Å². The predicted molar refractivity (Wildman–Crippen MR) is 262 cm³/mol. The molecule has 0 radical (unpaired) electrons. The van der Waals surface area contributed by atoms with Gasteiger partial charge in [0.05, 0.1) is 40.5 Å². The summed E-state index contributed by atoms with van der Waals surface area (Å²) >= 11 is 0. The number of hydrogen-bond donors (Lipinski definition) is 0. The zero-order valence-corrected chi connectivity index (χ0v) is 35.7. The van der Waals surface area contributed by atoms with Crippen LogP contribution in [-0.4, -0.2) is 14.5 Å². The molecule has 5 nitrogen and oxygen atoms in total. The third kappa shape index (κ3) is 5.34. The van der Waals surface area contributed by atoms with Crippen molar-refractivity contribution < 1.29 is 8.98 Å². The summed E-state index contributed by atoms with van der Waals surface area (Å²) in [5.74, 6) is 2.29. The Labute approximate surface area is 370 Å². The van der Waals surface area contributed by atoms with Crippen molar-refractivity contribution in [3.63, 3.8) is 0 Å². The van der Waals surface area contributed by atoms with Gasteiger partial charge in [0, 0.05) is 27.0 Å². The van der Waals surface area contributed by atoms with E-state index >= 15 is 0 Å². The Hall–Kier alpha value is -8.15. The number of furan rings is 1. The Morgan fingerprint density at radius 2 is 1.09 bits per heavy atom. The van der Waals surface area contributed by atoms with Gasteiger partial charge in [-0.15, -0.1) is 0 Å². The second kappa shape index (κ2) is 13.7. The van der Waals surface area contributed by atoms with E-state index in [1.54, 1.807) is 0 Å². The molecule has 3 aromatic heterocycles. The Morgan fingerprint density at radius 1 is 0.469 bits per heavy atom. The molecule has 0 saturated heterocycles. The third-order valence-electron chi connectivity index (χ3n) is 13.7. The molecule has 0 amide bonds. The summed E-state index contributed by atoms with van der Waals surface area (Å²) in [4.78, 5) is 10.9. The lowest BCUT2D eigenvalue weighted by molar-refractivity contribution is -0.654. The molecule has 1 aliphatic carbocycles. The molecule has 0 bridgehead atoms. The van der Waals surface area contributed by atoms with Gasteiger partial charge in [0.25, 0.3) is 11.6 Å². The van der Waals surface area contributed by atoms with E-state index in [0.717, 1.165) is 72.6 Å². The second-order valence-electron chi connectivity index (χ2n) is 17.6. The Morgan fingerprint density at radius 3 is 1.94 bits per heavy atom. The van der Waals surface area contributed by atoms with E-state index < -0.39 is 0 Å². The van der Waals surface area contributed by atoms with E-state index in [4.69, 9.17) is 14.4 Å². The summed E-state index contributed by atoms with van der Waals surface area (Å²) < 4.78 is 11.6. The minimum Gasteiger partial charge on any atom is -0.454 e. The zero-order chi connectivity index (χ0) is 42.7. The molecule has 0 unspecified atom stereocenters. The van der Waals surface area contributed by atoms with Crippen LogP contribution in [0.2, 0.25) is 0 Å². The van der Waals surface area contributed by atoms with Gasteiger partial charge < -0.3 is 8.98 Å². The molecule has 0 atom stereocenters. The molecular weight excluding hydrogens is 781 g/mol. The summed E-state index contributed by atoms with van der Waals surface area (Å²) in [6, 6.07) is 69.5. The Balaban J connectivity index is 1.07. The number of aromatic nitrogens is 4. The van der Waals surface area contributed by atoms with E-state index in [0.29, 0.717) is 5.82 Å². The van der Waals surface area contributed by atoms with Gasteiger partial charge in [-0.2, -0.15) is 0 Å². The SMILES string of the molecule is C[n+]1c(-c2ccc3c(c2)C(C)(C)c2ccccc2-3)nc(-c2ccc(-c3ccccc3)cc2)nc1-c1ccc(-n2c3ccccc3c3cc4ccccc4cc32)c2oc3ccccc3c12. The molecule has 5 heteroatoms. The average molecular weight is 822 g/mol. The van der Waals surface area contributed by atoms with E-state index in [1.807, 2.05) is 6.07 Å². The van der Waals surface area contributed by atoms with Crippen LogP contribution in [0.5, 0.6) is 0 Å². The van der Waals surface area contributed by atoms with Crippen LogP contribution in [0.15, 0.2) is 199 Å². The van der Waals surface area contributed by atoms with Crippen molar-refractivity contribution in [3.8, 4) is 62.1 Å². The highest BCUT2D eigenvalue weighted by Gasteiger charge is 2.36. The fourth-order valence-corrected chi connectivity index (χ4v) is 10.5.